The first-order valence-corrected chi connectivity index (χ1v) is 8.41. The van der Waals surface area contributed by atoms with Gasteiger partial charge in [0.15, 0.2) is 0 Å². The minimum atomic E-state index is 0.326. The molecule has 23 heavy (non-hydrogen) atoms. The molecule has 0 heterocycles. The molecule has 2 aromatic rings. The van der Waals surface area contributed by atoms with Crippen LogP contribution in [0, 0.1) is 0 Å². The quantitative estimate of drug-likeness (QED) is 0.776. The van der Waals surface area contributed by atoms with Gasteiger partial charge in [0, 0.05) is 0 Å². The van der Waals surface area contributed by atoms with Crippen molar-refractivity contribution < 1.29 is 14.9 Å². The van der Waals surface area contributed by atoms with Gasteiger partial charge in [-0.2, -0.15) is 0 Å². The Labute approximate surface area is 138 Å². The number of rotatable bonds is 6. The van der Waals surface area contributed by atoms with Crippen LogP contribution in [-0.4, -0.2) is 10.2 Å². The van der Waals surface area contributed by atoms with Crippen LogP contribution in [0.4, 0.5) is 0 Å². The second kappa shape index (κ2) is 7.40. The van der Waals surface area contributed by atoms with Gasteiger partial charge < -0.3 is 14.9 Å². The van der Waals surface area contributed by atoms with Gasteiger partial charge in [-0.15, -0.1) is 0 Å². The number of ether oxygens (including phenoxy) is 1. The van der Waals surface area contributed by atoms with Gasteiger partial charge in [-0.1, -0.05) is 27.7 Å². The Balaban J connectivity index is 2.49. The van der Waals surface area contributed by atoms with Crippen LogP contribution in [0.15, 0.2) is 24.3 Å². The average Bonchev–Trinajstić information content (AvgIpc) is 2.56. The molecule has 2 aromatic carbocycles. The molecule has 0 aliphatic heterocycles. The third-order valence-corrected chi connectivity index (χ3v) is 4.27. The summed E-state index contributed by atoms with van der Waals surface area (Å²) in [6.45, 7) is 8.11. The van der Waals surface area contributed by atoms with Crippen LogP contribution < -0.4 is 4.74 Å². The van der Waals surface area contributed by atoms with E-state index in [9.17, 15) is 10.2 Å². The first kappa shape index (κ1) is 17.2. The molecule has 0 unspecified atom stereocenters. The second-order valence-corrected chi connectivity index (χ2v) is 5.69. The molecule has 0 bridgehead atoms. The minimum Gasteiger partial charge on any atom is -0.508 e. The monoisotopic (exact) mass is 314 g/mol. The zero-order valence-corrected chi connectivity index (χ0v) is 14.4. The van der Waals surface area contributed by atoms with Gasteiger partial charge in [0.2, 0.25) is 0 Å². The highest BCUT2D eigenvalue weighted by molar-refractivity contribution is 5.51. The van der Waals surface area contributed by atoms with Gasteiger partial charge in [0.25, 0.3) is 0 Å². The van der Waals surface area contributed by atoms with Gasteiger partial charge in [0.05, 0.1) is 0 Å². The van der Waals surface area contributed by atoms with Crippen molar-refractivity contribution >= 4 is 0 Å². The minimum absolute atomic E-state index is 0.326. The van der Waals surface area contributed by atoms with Crippen LogP contribution in [0.2, 0.25) is 0 Å². The van der Waals surface area contributed by atoms with E-state index in [0.29, 0.717) is 11.5 Å². The van der Waals surface area contributed by atoms with Crippen molar-refractivity contribution in [1.29, 1.82) is 0 Å². The molecule has 3 nitrogen and oxygen atoms in total. The highest BCUT2D eigenvalue weighted by atomic mass is 16.5. The molecular weight excluding hydrogens is 288 g/mol. The summed E-state index contributed by atoms with van der Waals surface area (Å²) in [5.41, 5.74) is 3.72. The predicted molar refractivity (Wildman–Crippen MR) is 93.8 cm³/mol. The largest absolute Gasteiger partial charge is 0.508 e. The van der Waals surface area contributed by atoms with Gasteiger partial charge >= 0.3 is 0 Å². The van der Waals surface area contributed by atoms with Crippen LogP contribution in [-0.2, 0) is 25.7 Å². The van der Waals surface area contributed by atoms with Gasteiger partial charge in [0.1, 0.15) is 23.0 Å². The number of aryl methyl sites for hydroxylation is 4. The van der Waals surface area contributed by atoms with E-state index in [0.717, 1.165) is 59.4 Å². The van der Waals surface area contributed by atoms with Crippen molar-refractivity contribution in [2.24, 2.45) is 0 Å². The van der Waals surface area contributed by atoms with Crippen LogP contribution >= 0.6 is 0 Å². The summed E-state index contributed by atoms with van der Waals surface area (Å²) in [5.74, 6) is 2.22. The molecule has 3 heteroatoms. The fraction of sp³-hybridized carbons (Fsp3) is 0.400. The van der Waals surface area contributed by atoms with E-state index in [1.165, 1.54) is 0 Å². The Morgan fingerprint density at radius 3 is 1.26 bits per heavy atom. The molecule has 0 atom stereocenters. The lowest BCUT2D eigenvalue weighted by molar-refractivity contribution is 0.445. The van der Waals surface area contributed by atoms with Crippen molar-refractivity contribution in [3.05, 3.63) is 46.5 Å². The Hall–Kier alpha value is -2.16. The first-order chi connectivity index (χ1) is 11.0. The lowest BCUT2D eigenvalue weighted by Gasteiger charge is -2.17. The van der Waals surface area contributed by atoms with E-state index >= 15 is 0 Å². The highest BCUT2D eigenvalue weighted by Gasteiger charge is 2.13. The summed E-state index contributed by atoms with van der Waals surface area (Å²) in [5, 5.41) is 20.1. The molecule has 0 saturated heterocycles. The maximum Gasteiger partial charge on any atom is 0.131 e. The molecule has 2 N–H and O–H groups in total. The molecule has 0 amide bonds. The van der Waals surface area contributed by atoms with E-state index in [4.69, 9.17) is 4.74 Å². The molecule has 2 rings (SSSR count). The standard InChI is InChI=1S/C20H26O3/c1-5-13-11-19(15(7-3)9-17(13)21)23-20-12-14(6-2)18(22)10-16(20)8-4/h9-12,21-22H,5-8H2,1-4H3. The summed E-state index contributed by atoms with van der Waals surface area (Å²) in [6.07, 6.45) is 3.07. The molecular formula is C20H26O3. The van der Waals surface area contributed by atoms with Crippen molar-refractivity contribution in [1.82, 2.24) is 0 Å². The third kappa shape index (κ3) is 3.61. The number of phenolic OH excluding ortho intramolecular Hbond substituents is 2. The number of aromatic hydroxyl groups is 2. The van der Waals surface area contributed by atoms with E-state index in [1.54, 1.807) is 12.1 Å². The van der Waals surface area contributed by atoms with Crippen LogP contribution in [0.5, 0.6) is 23.0 Å². The molecule has 0 fully saturated rings. The number of hydrogen-bond donors (Lipinski definition) is 2. The van der Waals surface area contributed by atoms with Crippen LogP contribution in [0.3, 0.4) is 0 Å². The van der Waals surface area contributed by atoms with E-state index in [1.807, 2.05) is 39.8 Å². The molecule has 0 spiro atoms. The lowest BCUT2D eigenvalue weighted by atomic mass is 10.0. The van der Waals surface area contributed by atoms with Crippen LogP contribution in [0.25, 0.3) is 0 Å². The Kier molecular flexibility index (Phi) is 5.54. The number of phenols is 2. The summed E-state index contributed by atoms with van der Waals surface area (Å²) < 4.78 is 6.20. The maximum absolute atomic E-state index is 10.0. The summed E-state index contributed by atoms with van der Waals surface area (Å²) >= 11 is 0. The smallest absolute Gasteiger partial charge is 0.131 e. The maximum atomic E-state index is 10.0. The van der Waals surface area contributed by atoms with E-state index in [-0.39, 0.29) is 0 Å². The third-order valence-electron chi connectivity index (χ3n) is 4.27. The fourth-order valence-corrected chi connectivity index (χ4v) is 2.73. The van der Waals surface area contributed by atoms with E-state index < -0.39 is 0 Å². The number of benzene rings is 2. The summed E-state index contributed by atoms with van der Waals surface area (Å²) in [4.78, 5) is 0. The van der Waals surface area contributed by atoms with Crippen molar-refractivity contribution in [2.75, 3.05) is 0 Å². The normalized spacial score (nSPS) is 10.8. The van der Waals surface area contributed by atoms with Gasteiger partial charge in [-0.25, -0.2) is 0 Å². The molecule has 0 radical (unpaired) electrons. The predicted octanol–water partition coefficient (Wildman–Crippen LogP) is 5.14. The molecule has 0 saturated carbocycles. The van der Waals surface area contributed by atoms with Crippen molar-refractivity contribution in [3.63, 3.8) is 0 Å². The first-order valence-electron chi connectivity index (χ1n) is 8.41. The average molecular weight is 314 g/mol. The summed E-state index contributed by atoms with van der Waals surface area (Å²) in [7, 11) is 0. The lowest BCUT2D eigenvalue weighted by Crippen LogP contribution is -1.97. The molecule has 0 aliphatic rings. The van der Waals surface area contributed by atoms with Crippen molar-refractivity contribution in [3.8, 4) is 23.0 Å². The van der Waals surface area contributed by atoms with Crippen LogP contribution in [0.1, 0.15) is 49.9 Å². The fourth-order valence-electron chi connectivity index (χ4n) is 2.73. The van der Waals surface area contributed by atoms with E-state index in [2.05, 4.69) is 0 Å². The zero-order chi connectivity index (χ0) is 17.0. The van der Waals surface area contributed by atoms with Gasteiger partial charge in [-0.3, -0.25) is 0 Å². The second-order valence-electron chi connectivity index (χ2n) is 5.69. The number of hydrogen-bond acceptors (Lipinski definition) is 3. The Morgan fingerprint density at radius 1 is 0.609 bits per heavy atom. The SMILES string of the molecule is CCc1cc(Oc2cc(CC)c(O)cc2CC)c(CC)cc1O. The Bertz CT molecular complexity index is 630. The molecule has 0 aliphatic carbocycles. The molecule has 0 aromatic heterocycles. The van der Waals surface area contributed by atoms with Crippen molar-refractivity contribution in [2.45, 2.75) is 53.4 Å². The summed E-state index contributed by atoms with van der Waals surface area (Å²) in [6, 6.07) is 7.43. The van der Waals surface area contributed by atoms with Gasteiger partial charge in [-0.05, 0) is 72.2 Å². The molecule has 124 valence electrons. The Morgan fingerprint density at radius 2 is 0.957 bits per heavy atom. The topological polar surface area (TPSA) is 49.7 Å². The highest BCUT2D eigenvalue weighted by Crippen LogP contribution is 2.36. The zero-order valence-electron chi connectivity index (χ0n) is 14.4.